The van der Waals surface area contributed by atoms with Crippen LogP contribution in [0.1, 0.15) is 10.6 Å². The molecule has 0 amide bonds. The van der Waals surface area contributed by atoms with Gasteiger partial charge >= 0.3 is 0 Å². The summed E-state index contributed by atoms with van der Waals surface area (Å²) in [6.45, 7) is 2.70. The Bertz CT molecular complexity index is 433. The minimum atomic E-state index is 0.622. The third kappa shape index (κ3) is 2.41. The smallest absolute Gasteiger partial charge is 0.108 e. The lowest BCUT2D eigenvalue weighted by atomic mass is 10.1. The molecule has 0 aliphatic rings. The van der Waals surface area contributed by atoms with E-state index in [-0.39, 0.29) is 0 Å². The summed E-state index contributed by atoms with van der Waals surface area (Å²) in [5.41, 5.74) is 6.04. The summed E-state index contributed by atoms with van der Waals surface area (Å²) in [6.07, 6.45) is 0. The van der Waals surface area contributed by atoms with E-state index in [1.54, 1.807) is 11.3 Å². The predicted octanol–water partition coefficient (Wildman–Crippen LogP) is 2.08. The highest BCUT2D eigenvalue weighted by molar-refractivity contribution is 7.09. The van der Waals surface area contributed by atoms with E-state index in [9.17, 15) is 0 Å². The van der Waals surface area contributed by atoms with Gasteiger partial charge in [0.15, 0.2) is 0 Å². The number of benzene rings is 1. The van der Waals surface area contributed by atoms with Crippen LogP contribution in [0.3, 0.4) is 0 Å². The molecule has 0 saturated carbocycles. The van der Waals surface area contributed by atoms with Gasteiger partial charge in [-0.3, -0.25) is 11.3 Å². The Labute approximate surface area is 92.9 Å². The number of aromatic nitrogens is 1. The molecule has 3 nitrogen and oxygen atoms in total. The molecule has 0 radical (unpaired) electrons. The second kappa shape index (κ2) is 4.53. The zero-order valence-corrected chi connectivity index (χ0v) is 9.34. The fourth-order valence-electron chi connectivity index (χ4n) is 1.34. The molecule has 0 aliphatic heterocycles. The maximum Gasteiger partial charge on any atom is 0.108 e. The van der Waals surface area contributed by atoms with Crippen LogP contribution >= 0.6 is 11.3 Å². The Morgan fingerprint density at radius 3 is 2.73 bits per heavy atom. The van der Waals surface area contributed by atoms with Crippen LogP contribution < -0.4 is 11.3 Å². The summed E-state index contributed by atoms with van der Waals surface area (Å²) in [7, 11) is 0. The van der Waals surface area contributed by atoms with Crippen LogP contribution in [0.4, 0.5) is 0 Å². The molecule has 3 N–H and O–H groups in total. The third-order valence-electron chi connectivity index (χ3n) is 2.15. The van der Waals surface area contributed by atoms with Gasteiger partial charge in [0.05, 0.1) is 12.2 Å². The van der Waals surface area contributed by atoms with E-state index >= 15 is 0 Å². The minimum Gasteiger partial charge on any atom is -0.271 e. The first-order valence-electron chi connectivity index (χ1n) is 4.74. The Kier molecular flexibility index (Phi) is 3.11. The highest BCUT2D eigenvalue weighted by atomic mass is 32.1. The SMILES string of the molecule is Cc1ccc(-c2csc(CNN)n2)cc1. The van der Waals surface area contributed by atoms with E-state index in [0.29, 0.717) is 6.54 Å². The molecule has 2 rings (SSSR count). The third-order valence-corrected chi connectivity index (χ3v) is 3.00. The first kappa shape index (κ1) is 10.3. The fourth-order valence-corrected chi connectivity index (χ4v) is 2.09. The van der Waals surface area contributed by atoms with E-state index in [1.165, 1.54) is 5.56 Å². The molecule has 1 aromatic heterocycles. The summed E-state index contributed by atoms with van der Waals surface area (Å²) >= 11 is 1.62. The minimum absolute atomic E-state index is 0.622. The van der Waals surface area contributed by atoms with Crippen LogP contribution in [0.2, 0.25) is 0 Å². The Morgan fingerprint density at radius 2 is 2.07 bits per heavy atom. The summed E-state index contributed by atoms with van der Waals surface area (Å²) in [6, 6.07) is 8.36. The van der Waals surface area contributed by atoms with Crippen molar-refractivity contribution in [1.29, 1.82) is 0 Å². The summed E-state index contributed by atoms with van der Waals surface area (Å²) < 4.78 is 0. The Morgan fingerprint density at radius 1 is 1.33 bits per heavy atom. The van der Waals surface area contributed by atoms with Crippen molar-refractivity contribution in [3.8, 4) is 11.3 Å². The largest absolute Gasteiger partial charge is 0.271 e. The highest BCUT2D eigenvalue weighted by Gasteiger charge is 2.03. The van der Waals surface area contributed by atoms with Crippen molar-refractivity contribution in [3.05, 3.63) is 40.2 Å². The van der Waals surface area contributed by atoms with Gasteiger partial charge in [0.25, 0.3) is 0 Å². The maximum absolute atomic E-state index is 5.25. The number of aryl methyl sites for hydroxylation is 1. The van der Waals surface area contributed by atoms with Crippen molar-refractivity contribution < 1.29 is 0 Å². The second-order valence-corrected chi connectivity index (χ2v) is 4.32. The monoisotopic (exact) mass is 219 g/mol. The maximum atomic E-state index is 5.25. The molecule has 0 unspecified atom stereocenters. The van der Waals surface area contributed by atoms with Gasteiger partial charge < -0.3 is 0 Å². The van der Waals surface area contributed by atoms with Crippen LogP contribution in [-0.4, -0.2) is 4.98 Å². The summed E-state index contributed by atoms with van der Waals surface area (Å²) in [5.74, 6) is 5.25. The van der Waals surface area contributed by atoms with Gasteiger partial charge in [-0.2, -0.15) is 0 Å². The fraction of sp³-hybridized carbons (Fsp3) is 0.182. The van der Waals surface area contributed by atoms with Gasteiger partial charge in [-0.05, 0) is 6.92 Å². The zero-order valence-electron chi connectivity index (χ0n) is 8.53. The molecule has 0 aliphatic carbocycles. The van der Waals surface area contributed by atoms with E-state index in [0.717, 1.165) is 16.3 Å². The number of hydrogen-bond acceptors (Lipinski definition) is 4. The number of rotatable bonds is 3. The number of hydrazine groups is 1. The molecule has 0 fully saturated rings. The van der Waals surface area contributed by atoms with Crippen molar-refractivity contribution in [2.24, 2.45) is 5.84 Å². The number of nitrogens with zero attached hydrogens (tertiary/aromatic N) is 1. The topological polar surface area (TPSA) is 50.9 Å². The molecule has 0 saturated heterocycles. The lowest BCUT2D eigenvalue weighted by Gasteiger charge is -1.97. The predicted molar refractivity (Wildman–Crippen MR) is 63.3 cm³/mol. The van der Waals surface area contributed by atoms with Crippen LogP contribution in [0, 0.1) is 6.92 Å². The first-order chi connectivity index (χ1) is 7.29. The molecule has 0 bridgehead atoms. The summed E-state index contributed by atoms with van der Waals surface area (Å²) in [4.78, 5) is 4.48. The van der Waals surface area contributed by atoms with Gasteiger partial charge in [0.2, 0.25) is 0 Å². The van der Waals surface area contributed by atoms with Crippen molar-refractivity contribution >= 4 is 11.3 Å². The average Bonchev–Trinajstić information content (AvgIpc) is 2.68. The van der Waals surface area contributed by atoms with Crippen LogP contribution in [-0.2, 0) is 6.54 Å². The molecule has 15 heavy (non-hydrogen) atoms. The van der Waals surface area contributed by atoms with E-state index in [4.69, 9.17) is 5.84 Å². The molecule has 0 spiro atoms. The Balaban J connectivity index is 2.25. The molecular weight excluding hydrogens is 206 g/mol. The van der Waals surface area contributed by atoms with Crippen LogP contribution in [0.15, 0.2) is 29.6 Å². The van der Waals surface area contributed by atoms with E-state index in [2.05, 4.69) is 47.0 Å². The van der Waals surface area contributed by atoms with Gasteiger partial charge in [-0.15, -0.1) is 11.3 Å². The first-order valence-corrected chi connectivity index (χ1v) is 5.62. The van der Waals surface area contributed by atoms with Crippen molar-refractivity contribution in [3.63, 3.8) is 0 Å². The van der Waals surface area contributed by atoms with E-state index in [1.807, 2.05) is 0 Å². The van der Waals surface area contributed by atoms with Gasteiger partial charge in [0, 0.05) is 10.9 Å². The molecular formula is C11H13N3S. The number of nitrogens with two attached hydrogens (primary N) is 1. The number of hydrogen-bond donors (Lipinski definition) is 2. The summed E-state index contributed by atoms with van der Waals surface area (Å²) in [5, 5.41) is 3.06. The lowest BCUT2D eigenvalue weighted by Crippen LogP contribution is -2.20. The van der Waals surface area contributed by atoms with Gasteiger partial charge in [-0.1, -0.05) is 29.8 Å². The standard InChI is InChI=1S/C11H13N3S/c1-8-2-4-9(5-3-8)10-7-15-11(14-10)6-13-12/h2-5,7,13H,6,12H2,1H3. The number of nitrogens with one attached hydrogen (secondary N) is 1. The van der Waals surface area contributed by atoms with Gasteiger partial charge in [0.1, 0.15) is 5.01 Å². The zero-order chi connectivity index (χ0) is 10.7. The molecule has 0 atom stereocenters. The van der Waals surface area contributed by atoms with Crippen molar-refractivity contribution in [1.82, 2.24) is 10.4 Å². The Hall–Kier alpha value is -1.23. The lowest BCUT2D eigenvalue weighted by molar-refractivity contribution is 0.737. The van der Waals surface area contributed by atoms with E-state index < -0.39 is 0 Å². The van der Waals surface area contributed by atoms with Crippen molar-refractivity contribution in [2.45, 2.75) is 13.5 Å². The van der Waals surface area contributed by atoms with Crippen LogP contribution in [0.25, 0.3) is 11.3 Å². The molecule has 1 aromatic carbocycles. The molecule has 78 valence electrons. The molecule has 2 aromatic rings. The van der Waals surface area contributed by atoms with Gasteiger partial charge in [-0.25, -0.2) is 4.98 Å². The quantitative estimate of drug-likeness (QED) is 0.614. The molecule has 4 heteroatoms. The average molecular weight is 219 g/mol. The van der Waals surface area contributed by atoms with Crippen molar-refractivity contribution in [2.75, 3.05) is 0 Å². The van der Waals surface area contributed by atoms with Crippen LogP contribution in [0.5, 0.6) is 0 Å². The normalized spacial score (nSPS) is 10.5. The molecule has 1 heterocycles. The second-order valence-electron chi connectivity index (χ2n) is 3.37. The number of thiazole rings is 1. The highest BCUT2D eigenvalue weighted by Crippen LogP contribution is 2.21.